The Labute approximate surface area is 137 Å². The molecule has 1 aliphatic rings. The van der Waals surface area contributed by atoms with Gasteiger partial charge in [-0.05, 0) is 47.1 Å². The lowest BCUT2D eigenvalue weighted by Crippen LogP contribution is -2.50. The summed E-state index contributed by atoms with van der Waals surface area (Å²) in [4.78, 5) is 21.9. The van der Waals surface area contributed by atoms with Crippen molar-refractivity contribution >= 4 is 17.4 Å². The Morgan fingerprint density at radius 1 is 1.50 bits per heavy atom. The van der Waals surface area contributed by atoms with E-state index in [2.05, 4.69) is 16.9 Å². The second-order valence-electron chi connectivity index (χ2n) is 6.99. The summed E-state index contributed by atoms with van der Waals surface area (Å²) >= 11 is 1.67. The minimum absolute atomic E-state index is 0.177. The van der Waals surface area contributed by atoms with Gasteiger partial charge >= 0.3 is 6.09 Å². The maximum Gasteiger partial charge on any atom is 0.410 e. The van der Waals surface area contributed by atoms with Gasteiger partial charge in [0.05, 0.1) is 5.51 Å². The van der Waals surface area contributed by atoms with Gasteiger partial charge in [0.25, 0.3) is 0 Å². The molecule has 2 heterocycles. The molecule has 0 spiro atoms. The molecule has 5 nitrogen and oxygen atoms in total. The standard InChI is InChI=1S/C16H27N3O2S/c1-16(2,3)21-15(20)19-8-6-5-7-13(19)10-18(4)11-14-9-17-12-22-14/h9,12-13H,5-8,10-11H2,1-4H3/t13-/m1/s1. The predicted molar refractivity (Wildman–Crippen MR) is 89.0 cm³/mol. The zero-order chi connectivity index (χ0) is 16.2. The Balaban J connectivity index is 1.92. The van der Waals surface area contributed by atoms with Gasteiger partial charge in [-0.2, -0.15) is 0 Å². The zero-order valence-electron chi connectivity index (χ0n) is 14.0. The lowest BCUT2D eigenvalue weighted by atomic mass is 10.0. The van der Waals surface area contributed by atoms with Gasteiger partial charge in [-0.3, -0.25) is 9.88 Å². The summed E-state index contributed by atoms with van der Waals surface area (Å²) in [6, 6.07) is 0.238. The van der Waals surface area contributed by atoms with Crippen molar-refractivity contribution < 1.29 is 9.53 Å². The van der Waals surface area contributed by atoms with E-state index in [0.717, 1.165) is 32.5 Å². The maximum atomic E-state index is 12.4. The molecule has 6 heteroatoms. The van der Waals surface area contributed by atoms with Crippen molar-refractivity contribution in [3.63, 3.8) is 0 Å². The number of hydrogen-bond donors (Lipinski definition) is 0. The Morgan fingerprint density at radius 2 is 2.27 bits per heavy atom. The number of carbonyl (C=O) groups excluding carboxylic acids is 1. The summed E-state index contributed by atoms with van der Waals surface area (Å²) in [5.74, 6) is 0. The normalized spacial score (nSPS) is 19.5. The fourth-order valence-electron chi connectivity index (χ4n) is 2.76. The van der Waals surface area contributed by atoms with E-state index in [9.17, 15) is 4.79 Å². The number of hydrogen-bond acceptors (Lipinski definition) is 5. The fraction of sp³-hybridized carbons (Fsp3) is 0.750. The van der Waals surface area contributed by atoms with Crippen LogP contribution < -0.4 is 0 Å². The lowest BCUT2D eigenvalue weighted by molar-refractivity contribution is 0.00589. The van der Waals surface area contributed by atoms with E-state index < -0.39 is 5.60 Å². The van der Waals surface area contributed by atoms with Crippen molar-refractivity contribution in [1.82, 2.24) is 14.8 Å². The van der Waals surface area contributed by atoms with Crippen LogP contribution in [0.25, 0.3) is 0 Å². The molecule has 1 amide bonds. The first-order chi connectivity index (χ1) is 10.3. The van der Waals surface area contributed by atoms with Gasteiger partial charge in [-0.1, -0.05) is 0 Å². The summed E-state index contributed by atoms with van der Waals surface area (Å²) in [6.07, 6.45) is 5.02. The molecule has 0 radical (unpaired) electrons. The number of carbonyl (C=O) groups is 1. The highest BCUT2D eigenvalue weighted by molar-refractivity contribution is 7.09. The van der Waals surface area contributed by atoms with Crippen LogP contribution in [-0.4, -0.2) is 52.7 Å². The molecule has 0 unspecified atom stereocenters. The van der Waals surface area contributed by atoms with Gasteiger partial charge in [-0.25, -0.2) is 4.79 Å². The Morgan fingerprint density at radius 3 is 2.91 bits per heavy atom. The number of rotatable bonds is 4. The summed E-state index contributed by atoms with van der Waals surface area (Å²) in [5, 5.41) is 0. The number of thiazole rings is 1. The molecule has 0 saturated carbocycles. The molecule has 2 rings (SSSR count). The molecule has 22 heavy (non-hydrogen) atoms. The first-order valence-corrected chi connectivity index (χ1v) is 8.78. The second kappa shape index (κ2) is 7.42. The molecular weight excluding hydrogens is 298 g/mol. The number of amides is 1. The summed E-state index contributed by atoms with van der Waals surface area (Å²) in [5.41, 5.74) is 1.42. The van der Waals surface area contributed by atoms with Gasteiger partial charge in [0.1, 0.15) is 5.60 Å². The molecule has 1 aliphatic heterocycles. The molecule has 1 fully saturated rings. The molecule has 0 N–H and O–H groups in total. The van der Waals surface area contributed by atoms with Gasteiger partial charge in [0, 0.05) is 36.8 Å². The minimum Gasteiger partial charge on any atom is -0.444 e. The number of likely N-dealkylation sites (N-methyl/N-ethyl adjacent to an activating group) is 1. The van der Waals surface area contributed by atoms with Gasteiger partial charge in [0.15, 0.2) is 0 Å². The van der Waals surface area contributed by atoms with Crippen LogP contribution in [0.2, 0.25) is 0 Å². The molecule has 0 aromatic carbocycles. The van der Waals surface area contributed by atoms with E-state index in [1.54, 1.807) is 11.3 Å². The first-order valence-electron chi connectivity index (χ1n) is 7.91. The third-order valence-electron chi connectivity index (χ3n) is 3.69. The highest BCUT2D eigenvalue weighted by atomic mass is 32.1. The van der Waals surface area contributed by atoms with E-state index in [-0.39, 0.29) is 12.1 Å². The van der Waals surface area contributed by atoms with Crippen LogP contribution in [-0.2, 0) is 11.3 Å². The van der Waals surface area contributed by atoms with Crippen molar-refractivity contribution in [2.24, 2.45) is 0 Å². The molecule has 0 bridgehead atoms. The van der Waals surface area contributed by atoms with E-state index in [4.69, 9.17) is 4.74 Å². The average Bonchev–Trinajstić information content (AvgIpc) is 2.90. The number of piperidine rings is 1. The minimum atomic E-state index is -0.437. The molecule has 1 saturated heterocycles. The quantitative estimate of drug-likeness (QED) is 0.851. The Bertz CT molecular complexity index is 470. The van der Waals surface area contributed by atoms with Gasteiger partial charge in [0.2, 0.25) is 0 Å². The van der Waals surface area contributed by atoms with Crippen LogP contribution >= 0.6 is 11.3 Å². The number of ether oxygens (including phenoxy) is 1. The summed E-state index contributed by atoms with van der Waals surface area (Å²) in [6.45, 7) is 8.30. The van der Waals surface area contributed by atoms with Crippen molar-refractivity contribution in [1.29, 1.82) is 0 Å². The van der Waals surface area contributed by atoms with Crippen LogP contribution in [0.5, 0.6) is 0 Å². The largest absolute Gasteiger partial charge is 0.444 e. The topological polar surface area (TPSA) is 45.7 Å². The smallest absolute Gasteiger partial charge is 0.410 e. The molecule has 124 valence electrons. The van der Waals surface area contributed by atoms with Gasteiger partial charge in [-0.15, -0.1) is 11.3 Å². The third-order valence-corrected chi connectivity index (χ3v) is 4.45. The van der Waals surface area contributed by atoms with Crippen LogP contribution in [0.4, 0.5) is 4.79 Å². The zero-order valence-corrected chi connectivity index (χ0v) is 14.9. The monoisotopic (exact) mass is 325 g/mol. The predicted octanol–water partition coefficient (Wildman–Crippen LogP) is 3.36. The highest BCUT2D eigenvalue weighted by Gasteiger charge is 2.31. The molecule has 1 aromatic rings. The summed E-state index contributed by atoms with van der Waals surface area (Å²) in [7, 11) is 2.10. The number of likely N-dealkylation sites (tertiary alicyclic amines) is 1. The third kappa shape index (κ3) is 5.25. The second-order valence-corrected chi connectivity index (χ2v) is 7.96. The Kier molecular flexibility index (Phi) is 5.81. The maximum absolute atomic E-state index is 12.4. The van der Waals surface area contributed by atoms with E-state index >= 15 is 0 Å². The van der Waals surface area contributed by atoms with Crippen LogP contribution in [0.15, 0.2) is 11.7 Å². The highest BCUT2D eigenvalue weighted by Crippen LogP contribution is 2.21. The van der Waals surface area contributed by atoms with E-state index in [1.165, 1.54) is 11.3 Å². The van der Waals surface area contributed by atoms with E-state index in [1.807, 2.05) is 37.4 Å². The van der Waals surface area contributed by atoms with Gasteiger partial charge < -0.3 is 9.64 Å². The van der Waals surface area contributed by atoms with Crippen LogP contribution in [0.1, 0.15) is 44.9 Å². The van der Waals surface area contributed by atoms with Crippen molar-refractivity contribution in [2.45, 2.75) is 58.2 Å². The average molecular weight is 325 g/mol. The number of aromatic nitrogens is 1. The summed E-state index contributed by atoms with van der Waals surface area (Å²) < 4.78 is 5.56. The van der Waals surface area contributed by atoms with Crippen molar-refractivity contribution in [3.05, 3.63) is 16.6 Å². The van der Waals surface area contributed by atoms with Crippen molar-refractivity contribution in [2.75, 3.05) is 20.1 Å². The number of nitrogens with zero attached hydrogens (tertiary/aromatic N) is 3. The molecule has 1 atom stereocenters. The Hall–Kier alpha value is -1.14. The van der Waals surface area contributed by atoms with Crippen LogP contribution in [0, 0.1) is 0 Å². The first kappa shape index (κ1) is 17.2. The fourth-order valence-corrected chi connectivity index (χ4v) is 3.44. The molecule has 0 aliphatic carbocycles. The van der Waals surface area contributed by atoms with E-state index in [0.29, 0.717) is 0 Å². The molecule has 1 aromatic heterocycles. The van der Waals surface area contributed by atoms with Crippen molar-refractivity contribution in [3.8, 4) is 0 Å². The lowest BCUT2D eigenvalue weighted by Gasteiger charge is -2.38. The SMILES string of the molecule is CN(Cc1cncs1)C[C@H]1CCCCN1C(=O)OC(C)(C)C. The van der Waals surface area contributed by atoms with Crippen LogP contribution in [0.3, 0.4) is 0 Å². The molecular formula is C16H27N3O2S.